The molecule has 1 aromatic heterocycles. The second kappa shape index (κ2) is 10.5. The van der Waals surface area contributed by atoms with E-state index in [1.54, 1.807) is 19.2 Å². The number of ether oxygens (including phenoxy) is 2. The summed E-state index contributed by atoms with van der Waals surface area (Å²) < 4.78 is 13.4. The van der Waals surface area contributed by atoms with Gasteiger partial charge < -0.3 is 19.4 Å². The van der Waals surface area contributed by atoms with Crippen LogP contribution in [0.1, 0.15) is 31.3 Å². The summed E-state index contributed by atoms with van der Waals surface area (Å²) in [6.45, 7) is 6.47. The SMILES string of the molecule is CCn1c(SCC(=O)Nc2ccc(Cl)cc2C)nnc1C(C)Oc1ccccc1OC. The van der Waals surface area contributed by atoms with E-state index in [0.717, 1.165) is 11.3 Å². The molecule has 9 heteroatoms. The van der Waals surface area contributed by atoms with Gasteiger partial charge in [-0.25, -0.2) is 0 Å². The zero-order chi connectivity index (χ0) is 22.4. The molecule has 0 aliphatic heterocycles. The summed E-state index contributed by atoms with van der Waals surface area (Å²) in [5, 5.41) is 12.8. The van der Waals surface area contributed by atoms with Crippen molar-refractivity contribution in [2.45, 2.75) is 38.6 Å². The van der Waals surface area contributed by atoms with E-state index in [1.807, 2.05) is 55.7 Å². The van der Waals surface area contributed by atoms with Gasteiger partial charge in [0, 0.05) is 17.3 Å². The lowest BCUT2D eigenvalue weighted by Crippen LogP contribution is -2.16. The van der Waals surface area contributed by atoms with Gasteiger partial charge in [0.05, 0.1) is 12.9 Å². The van der Waals surface area contributed by atoms with Crippen LogP contribution in [-0.4, -0.2) is 33.5 Å². The van der Waals surface area contributed by atoms with Crippen LogP contribution in [0.5, 0.6) is 11.5 Å². The summed E-state index contributed by atoms with van der Waals surface area (Å²) >= 11 is 7.30. The molecule has 1 heterocycles. The quantitative estimate of drug-likeness (QED) is 0.445. The number of para-hydroxylation sites is 2. The Kier molecular flexibility index (Phi) is 7.81. The van der Waals surface area contributed by atoms with Gasteiger partial charge in [0.2, 0.25) is 5.91 Å². The summed E-state index contributed by atoms with van der Waals surface area (Å²) in [7, 11) is 1.60. The van der Waals surface area contributed by atoms with Crippen molar-refractivity contribution >= 4 is 35.0 Å². The van der Waals surface area contributed by atoms with Gasteiger partial charge in [-0.1, -0.05) is 35.5 Å². The maximum absolute atomic E-state index is 12.4. The summed E-state index contributed by atoms with van der Waals surface area (Å²) in [5.74, 6) is 2.06. The number of aromatic nitrogens is 3. The molecule has 7 nitrogen and oxygen atoms in total. The molecule has 3 aromatic rings. The number of aryl methyl sites for hydroxylation is 1. The number of carbonyl (C=O) groups excluding carboxylic acids is 1. The average molecular weight is 461 g/mol. The summed E-state index contributed by atoms with van der Waals surface area (Å²) in [6, 6.07) is 12.8. The lowest BCUT2D eigenvalue weighted by atomic mass is 10.2. The van der Waals surface area contributed by atoms with E-state index in [4.69, 9.17) is 21.1 Å². The number of nitrogens with one attached hydrogen (secondary N) is 1. The molecule has 31 heavy (non-hydrogen) atoms. The fourth-order valence-corrected chi connectivity index (χ4v) is 4.08. The zero-order valence-electron chi connectivity index (χ0n) is 17.9. The molecule has 0 saturated carbocycles. The number of nitrogens with zero attached hydrogens (tertiary/aromatic N) is 3. The molecule has 164 valence electrons. The topological polar surface area (TPSA) is 78.3 Å². The monoisotopic (exact) mass is 460 g/mol. The van der Waals surface area contributed by atoms with Crippen LogP contribution in [0.2, 0.25) is 5.02 Å². The molecule has 0 bridgehead atoms. The third-order valence-corrected chi connectivity index (χ3v) is 5.79. The van der Waals surface area contributed by atoms with Crippen LogP contribution < -0.4 is 14.8 Å². The second-order valence-electron chi connectivity index (χ2n) is 6.79. The van der Waals surface area contributed by atoms with Crippen molar-refractivity contribution in [2.75, 3.05) is 18.2 Å². The first-order valence-corrected chi connectivity index (χ1v) is 11.2. The molecule has 1 unspecified atom stereocenters. The van der Waals surface area contributed by atoms with Gasteiger partial charge in [0.1, 0.15) is 0 Å². The van der Waals surface area contributed by atoms with Gasteiger partial charge in [0.25, 0.3) is 0 Å². The fourth-order valence-electron chi connectivity index (χ4n) is 3.05. The van der Waals surface area contributed by atoms with Gasteiger partial charge >= 0.3 is 0 Å². The van der Waals surface area contributed by atoms with Gasteiger partial charge in [0.15, 0.2) is 28.6 Å². The van der Waals surface area contributed by atoms with Crippen LogP contribution in [0.15, 0.2) is 47.6 Å². The standard InChI is InChI=1S/C22H25ClN4O3S/c1-5-27-21(15(3)30-19-9-7-6-8-18(19)29-4)25-26-22(27)31-13-20(28)24-17-11-10-16(23)12-14(17)2/h6-12,15H,5,13H2,1-4H3,(H,24,28). The minimum Gasteiger partial charge on any atom is -0.493 e. The van der Waals surface area contributed by atoms with Crippen molar-refractivity contribution in [3.63, 3.8) is 0 Å². The molecule has 3 rings (SSSR count). The Labute approximate surface area is 191 Å². The highest BCUT2D eigenvalue weighted by Gasteiger charge is 2.20. The van der Waals surface area contributed by atoms with Gasteiger partial charge in [-0.15, -0.1) is 10.2 Å². The molecular formula is C22H25ClN4O3S. The number of rotatable bonds is 9. The van der Waals surface area contributed by atoms with Gasteiger partial charge in [-0.3, -0.25) is 4.79 Å². The van der Waals surface area contributed by atoms with E-state index >= 15 is 0 Å². The smallest absolute Gasteiger partial charge is 0.234 e. The number of carbonyl (C=O) groups is 1. The van der Waals surface area contributed by atoms with Crippen molar-refractivity contribution in [1.82, 2.24) is 14.8 Å². The highest BCUT2D eigenvalue weighted by atomic mass is 35.5. The molecule has 0 fully saturated rings. The number of anilines is 1. The molecule has 1 atom stereocenters. The maximum Gasteiger partial charge on any atom is 0.234 e. The van der Waals surface area contributed by atoms with Crippen molar-refractivity contribution in [3.8, 4) is 11.5 Å². The van der Waals surface area contributed by atoms with Crippen LogP contribution in [0.25, 0.3) is 0 Å². The minimum absolute atomic E-state index is 0.124. The first-order valence-electron chi connectivity index (χ1n) is 9.84. The largest absolute Gasteiger partial charge is 0.493 e. The molecule has 0 radical (unpaired) electrons. The third kappa shape index (κ3) is 5.71. The van der Waals surface area contributed by atoms with E-state index in [1.165, 1.54) is 11.8 Å². The van der Waals surface area contributed by atoms with Gasteiger partial charge in [-0.2, -0.15) is 0 Å². The number of hydrogen-bond donors (Lipinski definition) is 1. The summed E-state index contributed by atoms with van der Waals surface area (Å²) in [4.78, 5) is 12.4. The Hall–Kier alpha value is -2.71. The maximum atomic E-state index is 12.4. The van der Waals surface area contributed by atoms with E-state index < -0.39 is 0 Å². The van der Waals surface area contributed by atoms with Crippen molar-refractivity contribution < 1.29 is 14.3 Å². The molecule has 0 aliphatic rings. The molecular weight excluding hydrogens is 436 g/mol. The predicted octanol–water partition coefficient (Wildman–Crippen LogP) is 5.14. The number of thioether (sulfide) groups is 1. The number of amides is 1. The van der Waals surface area contributed by atoms with Crippen LogP contribution in [0, 0.1) is 6.92 Å². The predicted molar refractivity (Wildman–Crippen MR) is 123 cm³/mol. The van der Waals surface area contributed by atoms with Crippen molar-refractivity contribution in [1.29, 1.82) is 0 Å². The number of methoxy groups -OCH3 is 1. The van der Waals surface area contributed by atoms with E-state index in [2.05, 4.69) is 15.5 Å². The first-order chi connectivity index (χ1) is 14.9. The second-order valence-corrected chi connectivity index (χ2v) is 8.17. The summed E-state index contributed by atoms with van der Waals surface area (Å²) in [5.41, 5.74) is 1.65. The molecule has 2 aromatic carbocycles. The van der Waals surface area contributed by atoms with E-state index in [9.17, 15) is 4.79 Å². The molecule has 0 saturated heterocycles. The molecule has 0 aliphatic carbocycles. The van der Waals surface area contributed by atoms with Crippen molar-refractivity contribution in [2.24, 2.45) is 0 Å². The van der Waals surface area contributed by atoms with E-state index in [0.29, 0.717) is 34.0 Å². The minimum atomic E-state index is -0.344. The Morgan fingerprint density at radius 2 is 1.97 bits per heavy atom. The third-order valence-electron chi connectivity index (χ3n) is 4.59. The summed E-state index contributed by atoms with van der Waals surface area (Å²) in [6.07, 6.45) is -0.344. The van der Waals surface area contributed by atoms with Crippen LogP contribution in [-0.2, 0) is 11.3 Å². The average Bonchev–Trinajstić information content (AvgIpc) is 3.17. The number of halogens is 1. The normalized spacial score (nSPS) is 11.8. The lowest BCUT2D eigenvalue weighted by molar-refractivity contribution is -0.113. The highest BCUT2D eigenvalue weighted by Crippen LogP contribution is 2.31. The van der Waals surface area contributed by atoms with Crippen LogP contribution in [0.3, 0.4) is 0 Å². The van der Waals surface area contributed by atoms with E-state index in [-0.39, 0.29) is 17.8 Å². The number of benzene rings is 2. The Bertz CT molecular complexity index is 1060. The zero-order valence-corrected chi connectivity index (χ0v) is 19.5. The molecule has 1 N–H and O–H groups in total. The first kappa shape index (κ1) is 23.0. The Balaban J connectivity index is 1.66. The van der Waals surface area contributed by atoms with Crippen LogP contribution >= 0.6 is 23.4 Å². The van der Waals surface area contributed by atoms with Crippen molar-refractivity contribution in [3.05, 3.63) is 58.9 Å². The highest BCUT2D eigenvalue weighted by molar-refractivity contribution is 7.99. The number of hydrogen-bond acceptors (Lipinski definition) is 6. The molecule has 0 spiro atoms. The van der Waals surface area contributed by atoms with Gasteiger partial charge in [-0.05, 0) is 56.7 Å². The Morgan fingerprint density at radius 3 is 2.65 bits per heavy atom. The Morgan fingerprint density at radius 1 is 1.23 bits per heavy atom. The lowest BCUT2D eigenvalue weighted by Gasteiger charge is -2.17. The molecule has 1 amide bonds. The van der Waals surface area contributed by atoms with Crippen LogP contribution in [0.4, 0.5) is 5.69 Å². The fraction of sp³-hybridized carbons (Fsp3) is 0.318.